The zero-order valence-electron chi connectivity index (χ0n) is 20.4. The van der Waals surface area contributed by atoms with Gasteiger partial charge < -0.3 is 15.0 Å². The highest BCUT2D eigenvalue weighted by atomic mass is 32.2. The largest absolute Gasteiger partial charge is 0.447 e. The van der Waals surface area contributed by atoms with Gasteiger partial charge in [0, 0.05) is 24.0 Å². The maximum atomic E-state index is 13.4. The van der Waals surface area contributed by atoms with Crippen LogP contribution in [0.15, 0.2) is 35.6 Å². The molecule has 10 heteroatoms. The van der Waals surface area contributed by atoms with Crippen LogP contribution in [0.25, 0.3) is 5.52 Å². The Morgan fingerprint density at radius 2 is 2.06 bits per heavy atom. The average Bonchev–Trinajstić information content (AvgIpc) is 3.36. The summed E-state index contributed by atoms with van der Waals surface area (Å²) >= 11 is 1.09. The molecule has 1 saturated carbocycles. The molecule has 3 aromatic heterocycles. The molecule has 0 aromatic carbocycles. The van der Waals surface area contributed by atoms with E-state index in [2.05, 4.69) is 41.3 Å². The molecule has 0 saturated heterocycles. The van der Waals surface area contributed by atoms with Crippen molar-refractivity contribution in [3.8, 4) is 11.8 Å². The van der Waals surface area contributed by atoms with Gasteiger partial charge in [-0.1, -0.05) is 32.1 Å². The second-order valence-electron chi connectivity index (χ2n) is 9.30. The number of aromatic nitrogens is 2. The molecule has 3 heterocycles. The van der Waals surface area contributed by atoms with Crippen molar-refractivity contribution in [3.05, 3.63) is 46.0 Å². The van der Waals surface area contributed by atoms with Crippen molar-refractivity contribution in [3.63, 3.8) is 0 Å². The summed E-state index contributed by atoms with van der Waals surface area (Å²) in [5, 5.41) is 7.08. The van der Waals surface area contributed by atoms with Crippen LogP contribution in [0.5, 0.6) is 0 Å². The fraction of sp³-hybridized carbons (Fsp3) is 0.462. The van der Waals surface area contributed by atoms with Crippen molar-refractivity contribution in [1.82, 2.24) is 14.7 Å². The topological polar surface area (TPSA) is 58.4 Å². The molecule has 1 aliphatic carbocycles. The summed E-state index contributed by atoms with van der Waals surface area (Å²) in [5.74, 6) is 6.50. The Morgan fingerprint density at radius 3 is 2.78 bits per heavy atom. The molecular formula is C26H29F3N4OS2. The number of halogens is 3. The standard InChI is InChI=1S/C26H29F3N4OS2/c1-16-8-10-17(2)20(11-9-16)32-21-7-5-13-33-22(21)14-19(25(33)36-26(27,28)29)6-4-12-30-24(34)23-15-31-18(3)35-23/h5,7,13-17,20,32H,8-12H2,1-3H3,(H,30,34)/t16-,17+,20+/m0/s1. The van der Waals surface area contributed by atoms with Crippen molar-refractivity contribution >= 4 is 40.2 Å². The van der Waals surface area contributed by atoms with Crippen molar-refractivity contribution in [2.75, 3.05) is 11.9 Å². The molecule has 1 amide bonds. The number of fused-ring (bicyclic) bond motifs is 1. The van der Waals surface area contributed by atoms with Crippen molar-refractivity contribution < 1.29 is 18.0 Å². The molecule has 0 bridgehead atoms. The first kappa shape index (κ1) is 26.4. The number of carbonyl (C=O) groups excluding carboxylic acids is 1. The van der Waals surface area contributed by atoms with Crippen molar-refractivity contribution in [2.24, 2.45) is 11.8 Å². The highest BCUT2D eigenvalue weighted by molar-refractivity contribution is 8.00. The Morgan fingerprint density at radius 1 is 1.28 bits per heavy atom. The van der Waals surface area contributed by atoms with Gasteiger partial charge in [-0.2, -0.15) is 13.2 Å². The zero-order chi connectivity index (χ0) is 25.9. The molecule has 2 N–H and O–H groups in total. The predicted molar refractivity (Wildman–Crippen MR) is 140 cm³/mol. The number of pyridine rings is 1. The average molecular weight is 535 g/mol. The van der Waals surface area contributed by atoms with Crippen LogP contribution in [0.4, 0.5) is 18.9 Å². The minimum atomic E-state index is -4.46. The first-order valence-electron chi connectivity index (χ1n) is 12.0. The van der Waals surface area contributed by atoms with E-state index in [1.165, 1.54) is 24.0 Å². The lowest BCUT2D eigenvalue weighted by Gasteiger charge is -2.24. The van der Waals surface area contributed by atoms with Gasteiger partial charge in [0.2, 0.25) is 0 Å². The predicted octanol–water partition coefficient (Wildman–Crippen LogP) is 6.72. The number of carbonyl (C=O) groups is 1. The third-order valence-electron chi connectivity index (χ3n) is 6.49. The molecule has 5 nitrogen and oxygen atoms in total. The number of anilines is 1. The van der Waals surface area contributed by atoms with Crippen LogP contribution in [-0.4, -0.2) is 33.4 Å². The molecule has 3 aromatic rings. The highest BCUT2D eigenvalue weighted by Crippen LogP contribution is 2.41. The molecule has 1 aliphatic rings. The summed E-state index contributed by atoms with van der Waals surface area (Å²) in [5.41, 5.74) is -2.73. The van der Waals surface area contributed by atoms with E-state index >= 15 is 0 Å². The molecule has 1 fully saturated rings. The van der Waals surface area contributed by atoms with Gasteiger partial charge in [0.15, 0.2) is 0 Å². The summed E-state index contributed by atoms with van der Waals surface area (Å²) in [7, 11) is 0. The third-order valence-corrected chi connectivity index (χ3v) is 8.25. The number of hydrogen-bond acceptors (Lipinski definition) is 5. The van der Waals surface area contributed by atoms with E-state index in [0.29, 0.717) is 22.2 Å². The Labute approximate surface area is 217 Å². The number of alkyl halides is 3. The molecule has 0 unspecified atom stereocenters. The quantitative estimate of drug-likeness (QED) is 0.217. The summed E-state index contributed by atoms with van der Waals surface area (Å²) in [6.07, 6.45) is 7.60. The molecule has 0 radical (unpaired) electrons. The maximum Gasteiger partial charge on any atom is 0.447 e. The fourth-order valence-electron chi connectivity index (χ4n) is 4.47. The van der Waals surface area contributed by atoms with Gasteiger partial charge in [-0.25, -0.2) is 4.98 Å². The minimum absolute atomic E-state index is 0.0144. The van der Waals surface area contributed by atoms with Crippen LogP contribution in [0.3, 0.4) is 0 Å². The summed E-state index contributed by atoms with van der Waals surface area (Å²) in [4.78, 5) is 16.7. The maximum absolute atomic E-state index is 13.4. The van der Waals surface area contributed by atoms with Gasteiger partial charge in [-0.15, -0.1) is 11.3 Å². The Hall–Kier alpha value is -2.64. The number of thioether (sulfide) groups is 1. The normalized spacial score (nSPS) is 20.4. The van der Waals surface area contributed by atoms with Crippen LogP contribution in [0.1, 0.15) is 59.8 Å². The van der Waals surface area contributed by atoms with Gasteiger partial charge in [0.25, 0.3) is 5.91 Å². The lowest BCUT2D eigenvalue weighted by Crippen LogP contribution is -2.26. The van der Waals surface area contributed by atoms with Crippen LogP contribution in [0, 0.1) is 30.6 Å². The second-order valence-corrected chi connectivity index (χ2v) is 11.6. The Balaban J connectivity index is 1.59. The van der Waals surface area contributed by atoms with E-state index in [-0.39, 0.29) is 40.8 Å². The minimum Gasteiger partial charge on any atom is -0.380 e. The summed E-state index contributed by atoms with van der Waals surface area (Å²) < 4.78 is 41.9. The smallest absolute Gasteiger partial charge is 0.380 e. The van der Waals surface area contributed by atoms with E-state index < -0.39 is 5.51 Å². The summed E-state index contributed by atoms with van der Waals surface area (Å²) in [6, 6.07) is 5.62. The molecular weight excluding hydrogens is 505 g/mol. The van der Waals surface area contributed by atoms with Crippen LogP contribution in [0.2, 0.25) is 0 Å². The Bertz CT molecular complexity index is 1290. The van der Waals surface area contributed by atoms with Gasteiger partial charge >= 0.3 is 5.51 Å². The Kier molecular flexibility index (Phi) is 8.20. The highest BCUT2D eigenvalue weighted by Gasteiger charge is 2.32. The van der Waals surface area contributed by atoms with Crippen LogP contribution in [-0.2, 0) is 0 Å². The molecule has 192 valence electrons. The molecule has 0 aliphatic heterocycles. The second kappa shape index (κ2) is 11.2. The van der Waals surface area contributed by atoms with Gasteiger partial charge in [-0.3, -0.25) is 4.79 Å². The number of aryl methyl sites for hydroxylation is 1. The number of nitrogens with one attached hydrogen (secondary N) is 2. The van der Waals surface area contributed by atoms with Crippen LogP contribution >= 0.6 is 23.1 Å². The molecule has 4 rings (SSSR count). The van der Waals surface area contributed by atoms with Gasteiger partial charge in [-0.05, 0) is 56.2 Å². The summed E-state index contributed by atoms with van der Waals surface area (Å²) in [6.45, 7) is 6.33. The zero-order valence-corrected chi connectivity index (χ0v) is 22.0. The van der Waals surface area contributed by atoms with E-state index in [1.54, 1.807) is 29.7 Å². The number of amides is 1. The number of nitrogens with zero attached hydrogens (tertiary/aromatic N) is 2. The lowest BCUT2D eigenvalue weighted by molar-refractivity contribution is -0.0329. The number of rotatable bonds is 5. The van der Waals surface area contributed by atoms with Crippen LogP contribution < -0.4 is 10.6 Å². The third kappa shape index (κ3) is 6.56. The fourth-order valence-corrected chi connectivity index (χ4v) is 5.86. The SMILES string of the molecule is Cc1ncc(C(=O)NCC#Cc2cc3c(N[C@@H]4CC[C@@H](C)CC[C@H]4C)cccn3c2SC(F)(F)F)s1. The molecule has 36 heavy (non-hydrogen) atoms. The molecule has 0 spiro atoms. The van der Waals surface area contributed by atoms with Crippen molar-refractivity contribution in [1.29, 1.82) is 0 Å². The first-order chi connectivity index (χ1) is 17.1. The number of hydrogen-bond donors (Lipinski definition) is 2. The monoisotopic (exact) mass is 534 g/mol. The van der Waals surface area contributed by atoms with E-state index in [4.69, 9.17) is 0 Å². The first-order valence-corrected chi connectivity index (χ1v) is 13.6. The number of thiazole rings is 1. The van der Waals surface area contributed by atoms with Gasteiger partial charge in [0.1, 0.15) is 9.90 Å². The lowest BCUT2D eigenvalue weighted by atomic mass is 9.96. The van der Waals surface area contributed by atoms with E-state index in [1.807, 2.05) is 6.07 Å². The van der Waals surface area contributed by atoms with E-state index in [9.17, 15) is 18.0 Å². The van der Waals surface area contributed by atoms with E-state index in [0.717, 1.165) is 30.0 Å². The van der Waals surface area contributed by atoms with Crippen molar-refractivity contribution in [2.45, 2.75) is 63.0 Å². The molecule has 3 atom stereocenters. The van der Waals surface area contributed by atoms with Gasteiger partial charge in [0.05, 0.1) is 34.5 Å².